The van der Waals surface area contributed by atoms with Crippen LogP contribution < -0.4 is 5.32 Å². The number of anilines is 1. The van der Waals surface area contributed by atoms with Gasteiger partial charge in [0.05, 0.1) is 11.5 Å². The van der Waals surface area contributed by atoms with E-state index in [0.29, 0.717) is 24.4 Å². The molecule has 0 spiro atoms. The molecule has 2 rings (SSSR count). The van der Waals surface area contributed by atoms with Gasteiger partial charge in [-0.25, -0.2) is 8.42 Å². The maximum Gasteiger partial charge on any atom is 0.452 e. The van der Waals surface area contributed by atoms with Crippen LogP contribution in [0.5, 0.6) is 0 Å². The third-order valence-corrected chi connectivity index (χ3v) is 4.94. The van der Waals surface area contributed by atoms with Crippen molar-refractivity contribution in [2.45, 2.75) is 25.1 Å². The Balaban J connectivity index is 2.04. The lowest BCUT2D eigenvalue weighted by Gasteiger charge is -2.22. The fraction of sp³-hybridized carbons (Fsp3) is 0.750. The maximum atomic E-state index is 12.3. The zero-order chi connectivity index (χ0) is 13.4. The van der Waals surface area contributed by atoms with Crippen LogP contribution >= 0.6 is 11.5 Å². The zero-order valence-corrected chi connectivity index (χ0v) is 10.7. The van der Waals surface area contributed by atoms with E-state index in [9.17, 15) is 21.6 Å². The predicted molar refractivity (Wildman–Crippen MR) is 60.2 cm³/mol. The van der Waals surface area contributed by atoms with Gasteiger partial charge in [0.1, 0.15) is 0 Å². The smallest absolute Gasteiger partial charge is 0.357 e. The summed E-state index contributed by atoms with van der Waals surface area (Å²) >= 11 is 0.583. The van der Waals surface area contributed by atoms with Crippen molar-refractivity contribution in [2.24, 2.45) is 0 Å². The molecule has 0 amide bonds. The van der Waals surface area contributed by atoms with E-state index in [1.54, 1.807) is 0 Å². The van der Waals surface area contributed by atoms with Crippen molar-refractivity contribution in [3.63, 3.8) is 0 Å². The van der Waals surface area contributed by atoms with E-state index < -0.39 is 27.9 Å². The van der Waals surface area contributed by atoms with Gasteiger partial charge in [-0.2, -0.15) is 22.5 Å². The van der Waals surface area contributed by atoms with Gasteiger partial charge < -0.3 is 5.32 Å². The van der Waals surface area contributed by atoms with Gasteiger partial charge in [-0.15, -0.1) is 0 Å². The first kappa shape index (κ1) is 13.5. The Hall–Kier alpha value is -0.900. The first-order chi connectivity index (χ1) is 8.26. The molecule has 0 aliphatic carbocycles. The molecule has 1 aliphatic rings. The number of halogens is 3. The van der Waals surface area contributed by atoms with Gasteiger partial charge in [-0.1, -0.05) is 0 Å². The third-order valence-electron chi connectivity index (χ3n) is 2.47. The van der Waals surface area contributed by atoms with E-state index in [1.165, 1.54) is 0 Å². The molecule has 1 unspecified atom stereocenters. The van der Waals surface area contributed by atoms with Crippen LogP contribution in [0.2, 0.25) is 0 Å². The van der Waals surface area contributed by atoms with Crippen molar-refractivity contribution in [1.29, 1.82) is 0 Å². The number of rotatable bonds is 2. The lowest BCUT2D eigenvalue weighted by atomic mass is 10.2. The Morgan fingerprint density at radius 3 is 2.67 bits per heavy atom. The van der Waals surface area contributed by atoms with Gasteiger partial charge in [0, 0.05) is 17.6 Å². The Labute approximate surface area is 106 Å². The van der Waals surface area contributed by atoms with Crippen molar-refractivity contribution in [2.75, 3.05) is 16.8 Å². The van der Waals surface area contributed by atoms with Crippen molar-refractivity contribution >= 4 is 26.5 Å². The first-order valence-electron chi connectivity index (χ1n) is 5.14. The number of aromatic nitrogens is 2. The Bertz CT molecular complexity index is 526. The van der Waals surface area contributed by atoms with Crippen LogP contribution in [-0.4, -0.2) is 35.3 Å². The van der Waals surface area contributed by atoms with Crippen LogP contribution in [0.1, 0.15) is 18.7 Å². The van der Waals surface area contributed by atoms with Gasteiger partial charge in [-0.3, -0.25) is 0 Å². The van der Waals surface area contributed by atoms with Crippen LogP contribution in [0.25, 0.3) is 0 Å². The summed E-state index contributed by atoms with van der Waals surface area (Å²) in [6.07, 6.45) is -3.47. The fourth-order valence-corrected chi connectivity index (χ4v) is 4.01. The van der Waals surface area contributed by atoms with Gasteiger partial charge in [0.15, 0.2) is 9.84 Å². The second-order valence-corrected chi connectivity index (χ2v) is 7.00. The summed E-state index contributed by atoms with van der Waals surface area (Å²) in [5, 5.41) is 2.70. The number of hydrogen-bond donors (Lipinski definition) is 1. The molecule has 1 atom stereocenters. The second-order valence-electron chi connectivity index (χ2n) is 4.02. The molecule has 0 saturated carbocycles. The molecule has 2 heterocycles. The van der Waals surface area contributed by atoms with Crippen LogP contribution in [0.15, 0.2) is 0 Å². The van der Waals surface area contributed by atoms with Crippen LogP contribution in [0.4, 0.5) is 18.3 Å². The second kappa shape index (κ2) is 4.65. The maximum absolute atomic E-state index is 12.3. The topological polar surface area (TPSA) is 72.0 Å². The average Bonchev–Trinajstić information content (AvgIpc) is 2.63. The lowest BCUT2D eigenvalue weighted by Crippen LogP contribution is -2.34. The highest BCUT2D eigenvalue weighted by molar-refractivity contribution is 7.91. The van der Waals surface area contributed by atoms with Gasteiger partial charge >= 0.3 is 6.18 Å². The third kappa shape index (κ3) is 3.31. The fourth-order valence-electron chi connectivity index (χ4n) is 1.71. The van der Waals surface area contributed by atoms with Crippen LogP contribution in [-0.2, 0) is 16.0 Å². The number of nitrogens with one attached hydrogen (secondary N) is 1. The van der Waals surface area contributed by atoms with Crippen molar-refractivity contribution in [3.8, 4) is 0 Å². The molecule has 10 heteroatoms. The van der Waals surface area contributed by atoms with Gasteiger partial charge in [-0.05, 0) is 12.8 Å². The number of alkyl halides is 3. The Kier molecular flexibility index (Phi) is 3.49. The van der Waals surface area contributed by atoms with Crippen LogP contribution in [0, 0.1) is 0 Å². The average molecular weight is 301 g/mol. The molecule has 5 nitrogen and oxygen atoms in total. The molecular formula is C8H10F3N3O2S2. The molecule has 1 aromatic rings. The van der Waals surface area contributed by atoms with Gasteiger partial charge in [0.2, 0.25) is 11.0 Å². The minimum atomic E-state index is -4.57. The summed E-state index contributed by atoms with van der Waals surface area (Å²) in [5.74, 6) is -1.14. The van der Waals surface area contributed by atoms with E-state index >= 15 is 0 Å². The Morgan fingerprint density at radius 1 is 1.39 bits per heavy atom. The normalized spacial score (nSPS) is 23.8. The monoisotopic (exact) mass is 301 g/mol. The number of nitrogens with zero attached hydrogens (tertiary/aromatic N) is 2. The minimum absolute atomic E-state index is 0.00410. The molecule has 1 fully saturated rings. The molecule has 102 valence electrons. The molecule has 0 aromatic carbocycles. The lowest BCUT2D eigenvalue weighted by molar-refractivity contribution is -0.144. The summed E-state index contributed by atoms with van der Waals surface area (Å²) < 4.78 is 62.7. The predicted octanol–water partition coefficient (Wildman–Crippen LogP) is 1.55. The standard InChI is InChI=1S/C8H10F3N3O2S2/c9-8(10,11)6-13-7(17-14-6)12-5-2-1-3-18(15,16)4-5/h5H,1-4H2,(H,12,13,14). The molecular weight excluding hydrogens is 291 g/mol. The SMILES string of the molecule is O=S1(=O)CCCC(Nc2nc(C(F)(F)F)ns2)C1. The molecule has 1 N–H and O–H groups in total. The molecule has 0 bridgehead atoms. The molecule has 1 aromatic heterocycles. The van der Waals surface area contributed by atoms with E-state index in [1.807, 2.05) is 0 Å². The summed E-state index contributed by atoms with van der Waals surface area (Å²) in [7, 11) is -3.10. The largest absolute Gasteiger partial charge is 0.452 e. The first-order valence-corrected chi connectivity index (χ1v) is 7.74. The minimum Gasteiger partial charge on any atom is -0.357 e. The van der Waals surface area contributed by atoms with Crippen molar-refractivity contribution in [1.82, 2.24) is 9.36 Å². The number of hydrogen-bond acceptors (Lipinski definition) is 6. The quantitative estimate of drug-likeness (QED) is 0.897. The highest BCUT2D eigenvalue weighted by Crippen LogP contribution is 2.29. The zero-order valence-electron chi connectivity index (χ0n) is 9.07. The summed E-state index contributed by atoms with van der Waals surface area (Å²) in [6.45, 7) is 0. The van der Waals surface area contributed by atoms with Crippen molar-refractivity contribution in [3.05, 3.63) is 5.82 Å². The highest BCUT2D eigenvalue weighted by Gasteiger charge is 2.36. The Morgan fingerprint density at radius 2 is 2.11 bits per heavy atom. The molecule has 1 saturated heterocycles. The molecule has 18 heavy (non-hydrogen) atoms. The van der Waals surface area contributed by atoms with E-state index in [-0.39, 0.29) is 16.6 Å². The molecule has 1 aliphatic heterocycles. The van der Waals surface area contributed by atoms with E-state index in [4.69, 9.17) is 0 Å². The van der Waals surface area contributed by atoms with Crippen molar-refractivity contribution < 1.29 is 21.6 Å². The van der Waals surface area contributed by atoms with E-state index in [2.05, 4.69) is 14.7 Å². The van der Waals surface area contributed by atoms with E-state index in [0.717, 1.165) is 0 Å². The summed E-state index contributed by atoms with van der Waals surface area (Å²) in [5.41, 5.74) is 0. The molecule has 0 radical (unpaired) electrons. The van der Waals surface area contributed by atoms with Gasteiger partial charge in [0.25, 0.3) is 0 Å². The highest BCUT2D eigenvalue weighted by atomic mass is 32.2. The number of sulfone groups is 1. The summed E-state index contributed by atoms with van der Waals surface area (Å²) in [6, 6.07) is -0.391. The van der Waals surface area contributed by atoms with Crippen LogP contribution in [0.3, 0.4) is 0 Å². The summed E-state index contributed by atoms with van der Waals surface area (Å²) in [4.78, 5) is 3.30.